The lowest BCUT2D eigenvalue weighted by Gasteiger charge is -2.27. The third-order valence-electron chi connectivity index (χ3n) is 4.47. The maximum atomic E-state index is 12.7. The second-order valence-electron chi connectivity index (χ2n) is 6.10. The van der Waals surface area contributed by atoms with Crippen molar-refractivity contribution < 1.29 is 13.2 Å². The zero-order chi connectivity index (χ0) is 17.9. The number of likely N-dealkylation sites (tertiary alicyclic amines) is 1. The summed E-state index contributed by atoms with van der Waals surface area (Å²) in [6.45, 7) is 0.476. The molecule has 7 heteroatoms. The van der Waals surface area contributed by atoms with E-state index in [0.717, 1.165) is 22.7 Å². The Labute approximate surface area is 148 Å². The van der Waals surface area contributed by atoms with Crippen LogP contribution in [0.1, 0.15) is 24.4 Å². The van der Waals surface area contributed by atoms with E-state index in [2.05, 4.69) is 4.98 Å². The normalized spacial score (nSPS) is 17.8. The molecule has 0 N–H and O–H groups in total. The van der Waals surface area contributed by atoms with Gasteiger partial charge >= 0.3 is 0 Å². The van der Waals surface area contributed by atoms with E-state index in [1.807, 2.05) is 12.1 Å². The van der Waals surface area contributed by atoms with E-state index in [0.29, 0.717) is 6.54 Å². The van der Waals surface area contributed by atoms with Gasteiger partial charge in [0, 0.05) is 26.0 Å². The van der Waals surface area contributed by atoms with Crippen molar-refractivity contribution in [2.24, 2.45) is 0 Å². The fraction of sp³-hybridized carbons (Fsp3) is 0.333. The second-order valence-corrected chi connectivity index (χ2v) is 8.14. The number of aromatic nitrogens is 1. The maximum absolute atomic E-state index is 12.7. The van der Waals surface area contributed by atoms with Gasteiger partial charge in [0.25, 0.3) is 0 Å². The van der Waals surface area contributed by atoms with Gasteiger partial charge in [0.05, 0.1) is 17.5 Å². The summed E-state index contributed by atoms with van der Waals surface area (Å²) in [6, 6.07) is 12.0. The van der Waals surface area contributed by atoms with Crippen molar-refractivity contribution in [3.63, 3.8) is 0 Å². The van der Waals surface area contributed by atoms with Crippen molar-refractivity contribution in [1.82, 2.24) is 14.2 Å². The van der Waals surface area contributed by atoms with Gasteiger partial charge in [-0.3, -0.25) is 9.78 Å². The largest absolute Gasteiger partial charge is 0.335 e. The molecule has 1 atom stereocenters. The van der Waals surface area contributed by atoms with Crippen LogP contribution < -0.4 is 0 Å². The fourth-order valence-electron chi connectivity index (χ4n) is 3.14. The van der Waals surface area contributed by atoms with Crippen LogP contribution in [0.5, 0.6) is 0 Å². The molecule has 0 radical (unpaired) electrons. The van der Waals surface area contributed by atoms with Gasteiger partial charge in [-0.15, -0.1) is 0 Å². The van der Waals surface area contributed by atoms with E-state index in [1.54, 1.807) is 35.5 Å². The molecule has 2 heterocycles. The zero-order valence-electron chi connectivity index (χ0n) is 14.1. The minimum atomic E-state index is -3.67. The van der Waals surface area contributed by atoms with Crippen molar-refractivity contribution >= 4 is 15.9 Å². The number of amides is 1. The second kappa shape index (κ2) is 7.33. The van der Waals surface area contributed by atoms with E-state index in [4.69, 9.17) is 0 Å². The molecule has 6 nitrogen and oxygen atoms in total. The average molecular weight is 359 g/mol. The molecule has 0 spiro atoms. The van der Waals surface area contributed by atoms with Crippen LogP contribution in [-0.2, 0) is 14.8 Å². The monoisotopic (exact) mass is 359 g/mol. The molecule has 1 aliphatic heterocycles. The first kappa shape index (κ1) is 17.6. The van der Waals surface area contributed by atoms with Gasteiger partial charge in [-0.2, -0.15) is 4.31 Å². The minimum absolute atomic E-state index is 0.0108. The highest BCUT2D eigenvalue weighted by atomic mass is 32.2. The molecule has 1 aliphatic rings. The lowest BCUT2D eigenvalue weighted by molar-refractivity contribution is -0.132. The number of sulfonamides is 1. The quantitative estimate of drug-likeness (QED) is 0.819. The van der Waals surface area contributed by atoms with Crippen LogP contribution in [0.25, 0.3) is 0 Å². The van der Waals surface area contributed by atoms with Crippen LogP contribution in [0, 0.1) is 0 Å². The fourth-order valence-corrected chi connectivity index (χ4v) is 4.28. The number of pyridine rings is 1. The highest BCUT2D eigenvalue weighted by Crippen LogP contribution is 2.31. The molecular weight excluding hydrogens is 338 g/mol. The number of carbonyl (C=O) groups excluding carboxylic acids is 1. The molecule has 0 aliphatic carbocycles. The van der Waals surface area contributed by atoms with Gasteiger partial charge in [-0.25, -0.2) is 8.42 Å². The number of nitrogens with zero attached hydrogens (tertiary/aromatic N) is 3. The first-order valence-corrected chi connectivity index (χ1v) is 9.65. The Morgan fingerprint density at radius 3 is 2.56 bits per heavy atom. The van der Waals surface area contributed by atoms with Gasteiger partial charge in [-0.05, 0) is 42.7 Å². The number of benzene rings is 1. The molecule has 1 fully saturated rings. The van der Waals surface area contributed by atoms with Crippen molar-refractivity contribution in [2.75, 3.05) is 20.1 Å². The van der Waals surface area contributed by atoms with E-state index in [-0.39, 0.29) is 23.4 Å². The van der Waals surface area contributed by atoms with Gasteiger partial charge < -0.3 is 4.90 Å². The lowest BCUT2D eigenvalue weighted by atomic mass is 10.1. The Balaban J connectivity index is 1.73. The van der Waals surface area contributed by atoms with Crippen LogP contribution in [0.2, 0.25) is 0 Å². The van der Waals surface area contributed by atoms with Crippen LogP contribution in [0.4, 0.5) is 0 Å². The summed E-state index contributed by atoms with van der Waals surface area (Å²) in [4.78, 5) is 18.7. The topological polar surface area (TPSA) is 70.6 Å². The Bertz CT molecular complexity index is 825. The molecule has 2 aromatic rings. The Morgan fingerprint density at radius 1 is 1.20 bits per heavy atom. The molecule has 0 saturated carbocycles. The van der Waals surface area contributed by atoms with Crippen molar-refractivity contribution in [1.29, 1.82) is 0 Å². The SMILES string of the molecule is CN(CC(=O)N1CCCC1c1ccncc1)S(=O)(=O)c1ccccc1. The van der Waals surface area contributed by atoms with Crippen LogP contribution >= 0.6 is 0 Å². The Hall–Kier alpha value is -2.25. The molecule has 132 valence electrons. The van der Waals surface area contributed by atoms with Gasteiger partial charge in [-0.1, -0.05) is 18.2 Å². The Kier molecular flexibility index (Phi) is 5.15. The molecule has 1 aromatic heterocycles. The summed E-state index contributed by atoms with van der Waals surface area (Å²) in [7, 11) is -2.23. The van der Waals surface area contributed by atoms with Crippen molar-refractivity contribution in [3.8, 4) is 0 Å². The third kappa shape index (κ3) is 3.72. The van der Waals surface area contributed by atoms with Crippen molar-refractivity contribution in [3.05, 3.63) is 60.4 Å². The van der Waals surface area contributed by atoms with E-state index in [1.165, 1.54) is 19.2 Å². The molecule has 1 unspecified atom stereocenters. The standard InChI is InChI=1S/C18H21N3O3S/c1-20(25(23,24)16-6-3-2-4-7-16)14-18(22)21-13-5-8-17(21)15-9-11-19-12-10-15/h2-4,6-7,9-12,17H,5,8,13-14H2,1H3. The first-order valence-electron chi connectivity index (χ1n) is 8.21. The highest BCUT2D eigenvalue weighted by Gasteiger charge is 2.32. The summed E-state index contributed by atoms with van der Waals surface area (Å²) in [5, 5.41) is 0. The van der Waals surface area contributed by atoms with E-state index in [9.17, 15) is 13.2 Å². The molecular formula is C18H21N3O3S. The van der Waals surface area contributed by atoms with Gasteiger partial charge in [0.1, 0.15) is 0 Å². The van der Waals surface area contributed by atoms with Crippen molar-refractivity contribution in [2.45, 2.75) is 23.8 Å². The minimum Gasteiger partial charge on any atom is -0.335 e. The predicted molar refractivity (Wildman–Crippen MR) is 94.2 cm³/mol. The van der Waals surface area contributed by atoms with E-state index < -0.39 is 10.0 Å². The number of rotatable bonds is 5. The smallest absolute Gasteiger partial charge is 0.243 e. The average Bonchev–Trinajstić information content (AvgIpc) is 3.13. The molecule has 1 saturated heterocycles. The number of carbonyl (C=O) groups is 1. The van der Waals surface area contributed by atoms with Crippen LogP contribution in [0.15, 0.2) is 59.8 Å². The van der Waals surface area contributed by atoms with Crippen LogP contribution in [-0.4, -0.2) is 48.7 Å². The number of likely N-dealkylation sites (N-methyl/N-ethyl adjacent to an activating group) is 1. The van der Waals surface area contributed by atoms with Gasteiger partial charge in [0.15, 0.2) is 0 Å². The molecule has 25 heavy (non-hydrogen) atoms. The summed E-state index contributed by atoms with van der Waals surface area (Å²) in [5.41, 5.74) is 1.04. The summed E-state index contributed by atoms with van der Waals surface area (Å²) < 4.78 is 26.3. The van der Waals surface area contributed by atoms with Gasteiger partial charge in [0.2, 0.25) is 15.9 Å². The van der Waals surface area contributed by atoms with Crippen LogP contribution in [0.3, 0.4) is 0 Å². The zero-order valence-corrected chi connectivity index (χ0v) is 14.9. The maximum Gasteiger partial charge on any atom is 0.243 e. The number of hydrogen-bond donors (Lipinski definition) is 0. The molecule has 1 aromatic carbocycles. The predicted octanol–water partition coefficient (Wildman–Crippen LogP) is 2.07. The third-order valence-corrected chi connectivity index (χ3v) is 6.29. The van der Waals surface area contributed by atoms with E-state index >= 15 is 0 Å². The lowest BCUT2D eigenvalue weighted by Crippen LogP contribution is -2.40. The molecule has 3 rings (SSSR count). The summed E-state index contributed by atoms with van der Waals surface area (Å²) in [6.07, 6.45) is 5.21. The summed E-state index contributed by atoms with van der Waals surface area (Å²) in [5.74, 6) is -0.179. The molecule has 0 bridgehead atoms. The highest BCUT2D eigenvalue weighted by molar-refractivity contribution is 7.89. The Morgan fingerprint density at radius 2 is 1.88 bits per heavy atom. The summed E-state index contributed by atoms with van der Waals surface area (Å²) >= 11 is 0. The number of hydrogen-bond acceptors (Lipinski definition) is 4. The first-order chi connectivity index (χ1) is 12.0. The molecule has 1 amide bonds.